The minimum absolute atomic E-state index is 0.784. The standard InChI is InChI=1S/C12H17N/c1-13-9-7-12(8-10-13)11-5-3-2-4-6-11/h2-6,12-13H,1,7-10H2. The minimum atomic E-state index is 0.784. The van der Waals surface area contributed by atoms with Gasteiger partial charge in [0.1, 0.15) is 0 Å². The van der Waals surface area contributed by atoms with Crippen LogP contribution in [-0.4, -0.2) is 13.1 Å². The first kappa shape index (κ1) is 8.76. The number of nitrogens with one attached hydrogen (secondary N) is 1. The van der Waals surface area contributed by atoms with E-state index in [0.717, 1.165) is 5.92 Å². The number of quaternary nitrogens is 1. The quantitative estimate of drug-likeness (QED) is 0.613. The van der Waals surface area contributed by atoms with E-state index in [0.29, 0.717) is 0 Å². The van der Waals surface area contributed by atoms with Crippen molar-refractivity contribution < 1.29 is 4.90 Å². The van der Waals surface area contributed by atoms with Crippen molar-refractivity contribution >= 4 is 0 Å². The summed E-state index contributed by atoms with van der Waals surface area (Å²) in [5.41, 5.74) is 1.51. The van der Waals surface area contributed by atoms with Crippen molar-refractivity contribution in [3.8, 4) is 0 Å². The highest BCUT2D eigenvalue weighted by Crippen LogP contribution is 2.23. The molecule has 1 nitrogen and oxygen atoms in total. The second-order valence-electron chi connectivity index (χ2n) is 3.93. The molecule has 1 aromatic rings. The first-order valence-corrected chi connectivity index (χ1v) is 5.08. The molecule has 1 N–H and O–H groups in total. The summed E-state index contributed by atoms with van der Waals surface area (Å²) in [5.74, 6) is 0.784. The van der Waals surface area contributed by atoms with Crippen molar-refractivity contribution in [2.45, 2.75) is 18.8 Å². The molecule has 1 aromatic carbocycles. The molecule has 0 bridgehead atoms. The lowest BCUT2D eigenvalue weighted by Gasteiger charge is -2.31. The van der Waals surface area contributed by atoms with Crippen LogP contribution >= 0.6 is 0 Å². The molecule has 0 unspecified atom stereocenters. The smallest absolute Gasteiger partial charge is 0.0536 e. The van der Waals surface area contributed by atoms with E-state index in [2.05, 4.69) is 37.4 Å². The second-order valence-corrected chi connectivity index (χ2v) is 3.93. The summed E-state index contributed by atoms with van der Waals surface area (Å²) >= 11 is 0. The second kappa shape index (κ2) is 3.93. The molecule has 1 heterocycles. The van der Waals surface area contributed by atoms with Gasteiger partial charge in [0.05, 0.1) is 13.1 Å². The van der Waals surface area contributed by atoms with Gasteiger partial charge in [0.15, 0.2) is 0 Å². The minimum Gasteiger partial charge on any atom is -0.468 e. The maximum Gasteiger partial charge on any atom is 0.0536 e. The van der Waals surface area contributed by atoms with Crippen LogP contribution in [0.25, 0.3) is 0 Å². The van der Waals surface area contributed by atoms with Gasteiger partial charge in [0.2, 0.25) is 0 Å². The predicted molar refractivity (Wildman–Crippen MR) is 54.5 cm³/mol. The Morgan fingerprint density at radius 3 is 2.31 bits per heavy atom. The predicted octanol–water partition coefficient (Wildman–Crippen LogP) is 1.24. The number of likely N-dealkylation sites (tertiary alicyclic amines) is 1. The molecule has 0 spiro atoms. The van der Waals surface area contributed by atoms with Gasteiger partial charge in [-0.3, -0.25) is 0 Å². The van der Waals surface area contributed by atoms with E-state index >= 15 is 0 Å². The summed E-state index contributed by atoms with van der Waals surface area (Å²) < 4.78 is 0. The van der Waals surface area contributed by atoms with Crippen molar-refractivity contribution in [3.63, 3.8) is 0 Å². The van der Waals surface area contributed by atoms with Crippen molar-refractivity contribution in [1.29, 1.82) is 0 Å². The Morgan fingerprint density at radius 1 is 1.08 bits per heavy atom. The molecule has 0 aromatic heterocycles. The molecule has 13 heavy (non-hydrogen) atoms. The SMILES string of the molecule is [CH2-][NH+]1CCC(c2ccccc2)CC1. The summed E-state index contributed by atoms with van der Waals surface area (Å²) in [4.78, 5) is 1.44. The topological polar surface area (TPSA) is 4.44 Å². The largest absolute Gasteiger partial charge is 0.468 e. The van der Waals surface area contributed by atoms with Crippen LogP contribution in [0.1, 0.15) is 24.3 Å². The van der Waals surface area contributed by atoms with Gasteiger partial charge in [-0.25, -0.2) is 0 Å². The van der Waals surface area contributed by atoms with E-state index < -0.39 is 0 Å². The Hall–Kier alpha value is -0.820. The first-order valence-electron chi connectivity index (χ1n) is 5.08. The van der Waals surface area contributed by atoms with Gasteiger partial charge in [0.25, 0.3) is 0 Å². The zero-order chi connectivity index (χ0) is 9.10. The lowest BCUT2D eigenvalue weighted by Crippen LogP contribution is -3.07. The summed E-state index contributed by atoms with van der Waals surface area (Å²) in [6.45, 7) is 2.44. The van der Waals surface area contributed by atoms with Crippen molar-refractivity contribution in [1.82, 2.24) is 0 Å². The molecule has 0 amide bonds. The van der Waals surface area contributed by atoms with Gasteiger partial charge in [-0.15, -0.1) is 0 Å². The van der Waals surface area contributed by atoms with E-state index in [4.69, 9.17) is 0 Å². The third-order valence-electron chi connectivity index (χ3n) is 2.96. The maximum absolute atomic E-state index is 4.04. The Labute approximate surface area is 80.4 Å². The summed E-state index contributed by atoms with van der Waals surface area (Å²) in [5, 5.41) is 0. The van der Waals surface area contributed by atoms with Gasteiger partial charge < -0.3 is 4.90 Å². The van der Waals surface area contributed by atoms with Crippen LogP contribution in [0.5, 0.6) is 0 Å². The molecule has 1 heteroatoms. The number of hydrogen-bond donors (Lipinski definition) is 1. The third-order valence-corrected chi connectivity index (χ3v) is 2.96. The molecule has 1 saturated heterocycles. The van der Waals surface area contributed by atoms with Crippen LogP contribution in [0.15, 0.2) is 30.3 Å². The first-order chi connectivity index (χ1) is 6.36. The molecule has 70 valence electrons. The Balaban J connectivity index is 2.03. The van der Waals surface area contributed by atoms with Gasteiger partial charge in [-0.2, -0.15) is 7.05 Å². The molecule has 0 atom stereocenters. The summed E-state index contributed by atoms with van der Waals surface area (Å²) in [7, 11) is 4.04. The highest BCUT2D eigenvalue weighted by atomic mass is 15.1. The number of rotatable bonds is 1. The molecule has 1 aliphatic rings. The summed E-state index contributed by atoms with van der Waals surface area (Å²) in [6.07, 6.45) is 2.59. The summed E-state index contributed by atoms with van der Waals surface area (Å²) in [6, 6.07) is 10.9. The zero-order valence-corrected chi connectivity index (χ0v) is 8.00. The fraction of sp³-hybridized carbons (Fsp3) is 0.417. The Morgan fingerprint density at radius 2 is 1.69 bits per heavy atom. The van der Waals surface area contributed by atoms with Crippen LogP contribution in [-0.2, 0) is 0 Å². The highest BCUT2D eigenvalue weighted by molar-refractivity contribution is 5.19. The molecule has 0 saturated carbocycles. The fourth-order valence-corrected chi connectivity index (χ4v) is 2.08. The number of benzene rings is 1. The molecule has 1 fully saturated rings. The van der Waals surface area contributed by atoms with Gasteiger partial charge in [-0.05, 0) is 11.5 Å². The molecule has 1 aliphatic heterocycles. The lowest BCUT2D eigenvalue weighted by atomic mass is 9.90. The highest BCUT2D eigenvalue weighted by Gasteiger charge is 2.17. The van der Waals surface area contributed by atoms with Crippen LogP contribution in [0, 0.1) is 7.05 Å². The third kappa shape index (κ3) is 2.10. The fourth-order valence-electron chi connectivity index (χ4n) is 2.08. The molecular weight excluding hydrogens is 158 g/mol. The molecule has 2 rings (SSSR count). The van der Waals surface area contributed by atoms with Crippen LogP contribution in [0.2, 0.25) is 0 Å². The Bertz CT molecular complexity index is 247. The molecule has 0 radical (unpaired) electrons. The molecule has 0 aliphatic carbocycles. The Kier molecular flexibility index (Phi) is 2.65. The van der Waals surface area contributed by atoms with E-state index in [1.165, 1.54) is 36.4 Å². The van der Waals surface area contributed by atoms with E-state index in [9.17, 15) is 0 Å². The lowest BCUT2D eigenvalue weighted by molar-refractivity contribution is -0.859. The monoisotopic (exact) mass is 175 g/mol. The molecular formula is C12H17N. The van der Waals surface area contributed by atoms with E-state index in [1.54, 1.807) is 0 Å². The van der Waals surface area contributed by atoms with Gasteiger partial charge in [-0.1, -0.05) is 30.3 Å². The van der Waals surface area contributed by atoms with E-state index in [-0.39, 0.29) is 0 Å². The zero-order valence-electron chi connectivity index (χ0n) is 8.00. The van der Waals surface area contributed by atoms with Crippen LogP contribution < -0.4 is 4.90 Å². The van der Waals surface area contributed by atoms with Crippen molar-refractivity contribution in [2.24, 2.45) is 0 Å². The van der Waals surface area contributed by atoms with E-state index in [1.807, 2.05) is 0 Å². The average molecular weight is 175 g/mol. The maximum atomic E-state index is 4.04. The van der Waals surface area contributed by atoms with Crippen molar-refractivity contribution in [2.75, 3.05) is 13.1 Å². The van der Waals surface area contributed by atoms with Crippen molar-refractivity contribution in [3.05, 3.63) is 42.9 Å². The number of hydrogen-bond acceptors (Lipinski definition) is 0. The van der Waals surface area contributed by atoms with Gasteiger partial charge in [0, 0.05) is 12.8 Å². The van der Waals surface area contributed by atoms with Gasteiger partial charge >= 0.3 is 0 Å². The van der Waals surface area contributed by atoms with Crippen LogP contribution in [0.3, 0.4) is 0 Å². The number of piperidine rings is 1. The average Bonchev–Trinajstić information content (AvgIpc) is 2.20. The van der Waals surface area contributed by atoms with Crippen LogP contribution in [0.4, 0.5) is 0 Å². The normalized spacial score (nSPS) is 28.7.